The van der Waals surface area contributed by atoms with Gasteiger partial charge in [0.1, 0.15) is 6.61 Å². The zero-order valence-electron chi connectivity index (χ0n) is 22.4. The molecule has 2 N–H and O–H groups in total. The average Bonchev–Trinajstić information content (AvgIpc) is 3.18. The summed E-state index contributed by atoms with van der Waals surface area (Å²) in [6.07, 6.45) is 0.704. The maximum atomic E-state index is 13.2. The van der Waals surface area contributed by atoms with E-state index < -0.39 is 5.60 Å². The Bertz CT molecular complexity index is 1270. The van der Waals surface area contributed by atoms with Gasteiger partial charge in [0.2, 0.25) is 5.91 Å². The Hall–Kier alpha value is -3.44. The van der Waals surface area contributed by atoms with Gasteiger partial charge in [-0.15, -0.1) is 0 Å². The molecular weight excluding hydrogens is 462 g/mol. The summed E-state index contributed by atoms with van der Waals surface area (Å²) in [5.41, 5.74) is 3.59. The first-order chi connectivity index (χ1) is 17.3. The fourth-order valence-electron chi connectivity index (χ4n) is 5.22. The first-order valence-electron chi connectivity index (χ1n) is 12.8. The number of hydrogen-bond donors (Lipinski definition) is 2. The monoisotopic (exact) mass is 499 g/mol. The van der Waals surface area contributed by atoms with E-state index in [1.807, 2.05) is 18.2 Å². The molecule has 5 nitrogen and oxygen atoms in total. The molecule has 0 saturated carbocycles. The van der Waals surface area contributed by atoms with Crippen LogP contribution in [0.4, 0.5) is 5.69 Å². The molecule has 1 amide bonds. The van der Waals surface area contributed by atoms with Gasteiger partial charge >= 0.3 is 5.97 Å². The van der Waals surface area contributed by atoms with Crippen molar-refractivity contribution in [1.29, 1.82) is 0 Å². The van der Waals surface area contributed by atoms with E-state index >= 15 is 0 Å². The predicted octanol–water partition coefficient (Wildman–Crippen LogP) is 6.32. The number of fused-ring (bicyclic) bond motifs is 1. The van der Waals surface area contributed by atoms with Crippen molar-refractivity contribution in [1.82, 2.24) is 0 Å². The SMILES string of the molecule is CC(C)(C)c1ccc(CC(O)(CC(=O)Nc2ccc3c(c2)COC3=O)CC(C)(C)c2ccccc2)cc1. The third kappa shape index (κ3) is 6.47. The van der Waals surface area contributed by atoms with Gasteiger partial charge in [0.05, 0.1) is 17.6 Å². The van der Waals surface area contributed by atoms with Crippen molar-refractivity contribution in [2.45, 2.75) is 76.9 Å². The molecule has 1 heterocycles. The maximum Gasteiger partial charge on any atom is 0.338 e. The van der Waals surface area contributed by atoms with E-state index in [-0.39, 0.29) is 35.7 Å². The highest BCUT2D eigenvalue weighted by Crippen LogP contribution is 2.36. The largest absolute Gasteiger partial charge is 0.457 e. The molecule has 1 aliphatic rings. The maximum absolute atomic E-state index is 13.2. The fraction of sp³-hybridized carbons (Fsp3) is 0.375. The second-order valence-corrected chi connectivity index (χ2v) is 11.9. The van der Waals surface area contributed by atoms with Crippen molar-refractivity contribution in [3.63, 3.8) is 0 Å². The minimum atomic E-state index is -1.28. The van der Waals surface area contributed by atoms with Gasteiger partial charge < -0.3 is 15.2 Å². The van der Waals surface area contributed by atoms with Gasteiger partial charge in [-0.1, -0.05) is 89.2 Å². The number of cyclic esters (lactones) is 1. The van der Waals surface area contributed by atoms with Crippen molar-refractivity contribution in [2.24, 2.45) is 0 Å². The van der Waals surface area contributed by atoms with Crippen LogP contribution in [-0.4, -0.2) is 22.6 Å². The first kappa shape index (κ1) is 26.6. The fourth-order valence-corrected chi connectivity index (χ4v) is 5.22. The number of nitrogens with one attached hydrogen (secondary N) is 1. The molecule has 3 aromatic carbocycles. The molecule has 0 aromatic heterocycles. The van der Waals surface area contributed by atoms with Crippen LogP contribution in [0.5, 0.6) is 0 Å². The van der Waals surface area contributed by atoms with Crippen LogP contribution >= 0.6 is 0 Å². The van der Waals surface area contributed by atoms with Gasteiger partial charge in [0.25, 0.3) is 0 Å². The molecule has 1 unspecified atom stereocenters. The number of carbonyl (C=O) groups is 2. The van der Waals surface area contributed by atoms with E-state index in [2.05, 4.69) is 76.3 Å². The zero-order chi connectivity index (χ0) is 26.8. The molecule has 194 valence electrons. The lowest BCUT2D eigenvalue weighted by Crippen LogP contribution is -2.41. The molecule has 37 heavy (non-hydrogen) atoms. The summed E-state index contributed by atoms with van der Waals surface area (Å²) in [6, 6.07) is 23.5. The first-order valence-corrected chi connectivity index (χ1v) is 12.8. The minimum absolute atomic E-state index is 0.0372. The summed E-state index contributed by atoms with van der Waals surface area (Å²) in [5, 5.41) is 14.9. The molecule has 1 aliphatic heterocycles. The Morgan fingerprint density at radius 3 is 2.24 bits per heavy atom. The van der Waals surface area contributed by atoms with Crippen LogP contribution in [0.15, 0.2) is 72.8 Å². The van der Waals surface area contributed by atoms with E-state index in [1.165, 1.54) is 5.56 Å². The van der Waals surface area contributed by atoms with Crippen molar-refractivity contribution in [3.8, 4) is 0 Å². The van der Waals surface area contributed by atoms with Crippen LogP contribution in [0.1, 0.15) is 80.1 Å². The van der Waals surface area contributed by atoms with E-state index in [0.29, 0.717) is 24.1 Å². The summed E-state index contributed by atoms with van der Waals surface area (Å²) >= 11 is 0. The number of hydrogen-bond acceptors (Lipinski definition) is 4. The topological polar surface area (TPSA) is 75.6 Å². The van der Waals surface area contributed by atoms with Crippen LogP contribution in [0.25, 0.3) is 0 Å². The Morgan fingerprint density at radius 1 is 0.919 bits per heavy atom. The molecule has 0 aliphatic carbocycles. The van der Waals surface area contributed by atoms with Gasteiger partial charge in [-0.2, -0.15) is 0 Å². The van der Waals surface area contributed by atoms with E-state index in [0.717, 1.165) is 16.7 Å². The second-order valence-electron chi connectivity index (χ2n) is 11.9. The third-order valence-corrected chi connectivity index (χ3v) is 7.14. The Kier molecular flexibility index (Phi) is 7.29. The van der Waals surface area contributed by atoms with Crippen LogP contribution in [-0.2, 0) is 33.4 Å². The summed E-state index contributed by atoms with van der Waals surface area (Å²) in [6.45, 7) is 10.9. The molecule has 0 saturated heterocycles. The highest BCUT2D eigenvalue weighted by molar-refractivity contribution is 5.96. The normalized spacial score (nSPS) is 15.0. The number of carbonyl (C=O) groups excluding carboxylic acids is 2. The Morgan fingerprint density at radius 2 is 1.59 bits per heavy atom. The third-order valence-electron chi connectivity index (χ3n) is 7.14. The van der Waals surface area contributed by atoms with Gasteiger partial charge in [0, 0.05) is 17.7 Å². The molecule has 5 heteroatoms. The molecule has 0 bridgehead atoms. The second kappa shape index (κ2) is 10.1. The standard InChI is InChI=1S/C32H37NO4/c1-30(2,3)24-13-11-22(12-14-24)18-32(36,21-31(4,5)25-9-7-6-8-10-25)19-28(34)33-26-15-16-27-23(17-26)20-37-29(27)35/h6-17,36H,18-21H2,1-5H3,(H,33,34). The molecule has 3 aromatic rings. The number of benzene rings is 3. The van der Waals surface area contributed by atoms with Crippen LogP contribution in [0, 0.1) is 0 Å². The number of anilines is 1. The van der Waals surface area contributed by atoms with Gasteiger partial charge in [-0.25, -0.2) is 4.79 Å². The van der Waals surface area contributed by atoms with Crippen molar-refractivity contribution < 1.29 is 19.4 Å². The highest BCUT2D eigenvalue weighted by atomic mass is 16.5. The van der Waals surface area contributed by atoms with Crippen molar-refractivity contribution in [3.05, 3.63) is 101 Å². The molecule has 0 fully saturated rings. The summed E-state index contributed by atoms with van der Waals surface area (Å²) < 4.78 is 5.06. The van der Waals surface area contributed by atoms with Crippen molar-refractivity contribution in [2.75, 3.05) is 5.32 Å². The van der Waals surface area contributed by atoms with Crippen molar-refractivity contribution >= 4 is 17.6 Å². The van der Waals surface area contributed by atoms with E-state index in [9.17, 15) is 14.7 Å². The predicted molar refractivity (Wildman–Crippen MR) is 147 cm³/mol. The lowest BCUT2D eigenvalue weighted by Gasteiger charge is -2.37. The molecule has 0 spiro atoms. The van der Waals surface area contributed by atoms with Gasteiger partial charge in [0.15, 0.2) is 0 Å². The Balaban J connectivity index is 1.56. The molecule has 1 atom stereocenters. The molecule has 4 rings (SSSR count). The number of ether oxygens (including phenoxy) is 1. The molecular formula is C32H37NO4. The van der Waals surface area contributed by atoms with Crippen LogP contribution in [0.2, 0.25) is 0 Å². The summed E-state index contributed by atoms with van der Waals surface area (Å²) in [5.74, 6) is -0.620. The zero-order valence-corrected chi connectivity index (χ0v) is 22.4. The van der Waals surface area contributed by atoms with E-state index in [4.69, 9.17) is 4.74 Å². The molecule has 0 radical (unpaired) electrons. The van der Waals surface area contributed by atoms with Gasteiger partial charge in [-0.05, 0) is 52.1 Å². The highest BCUT2D eigenvalue weighted by Gasteiger charge is 2.38. The number of esters is 1. The number of rotatable bonds is 8. The van der Waals surface area contributed by atoms with Gasteiger partial charge in [-0.3, -0.25) is 4.79 Å². The quantitative estimate of drug-likeness (QED) is 0.355. The van der Waals surface area contributed by atoms with E-state index in [1.54, 1.807) is 18.2 Å². The smallest absolute Gasteiger partial charge is 0.338 e. The Labute approximate surface area is 219 Å². The van der Waals surface area contributed by atoms with Crippen LogP contribution in [0.3, 0.4) is 0 Å². The lowest BCUT2D eigenvalue weighted by molar-refractivity contribution is -0.121. The number of aliphatic hydroxyl groups is 1. The number of amides is 1. The van der Waals surface area contributed by atoms with Crippen LogP contribution < -0.4 is 5.32 Å². The minimum Gasteiger partial charge on any atom is -0.457 e. The average molecular weight is 500 g/mol. The summed E-state index contributed by atoms with van der Waals surface area (Å²) in [7, 11) is 0. The summed E-state index contributed by atoms with van der Waals surface area (Å²) in [4.78, 5) is 25.0. The lowest BCUT2D eigenvalue weighted by atomic mass is 9.72.